The number of carbonyl (C=O) groups is 1. The van der Waals surface area contributed by atoms with Gasteiger partial charge in [-0.15, -0.1) is 0 Å². The molecule has 0 radical (unpaired) electrons. The highest BCUT2D eigenvalue weighted by molar-refractivity contribution is 5.92. The molecule has 0 heterocycles. The van der Waals surface area contributed by atoms with Crippen LogP contribution in [0.4, 0.5) is 11.4 Å². The minimum Gasteiger partial charge on any atom is -0.497 e. The van der Waals surface area contributed by atoms with E-state index in [1.54, 1.807) is 7.11 Å². The van der Waals surface area contributed by atoms with Crippen molar-refractivity contribution in [2.45, 2.75) is 19.3 Å². The second-order valence-corrected chi connectivity index (χ2v) is 6.67. The van der Waals surface area contributed by atoms with Gasteiger partial charge in [0.15, 0.2) is 0 Å². The van der Waals surface area contributed by atoms with Gasteiger partial charge in [-0.05, 0) is 60.4 Å². The predicted molar refractivity (Wildman–Crippen MR) is 115 cm³/mol. The third kappa shape index (κ3) is 6.16. The van der Waals surface area contributed by atoms with Crippen molar-refractivity contribution in [2.75, 3.05) is 24.3 Å². The number of carbonyl (C=O) groups excluding carboxylic acids is 1. The lowest BCUT2D eigenvalue weighted by atomic mass is 10.1. The Hall–Kier alpha value is -3.27. The maximum atomic E-state index is 12.2. The smallest absolute Gasteiger partial charge is 0.228 e. The number of benzene rings is 3. The van der Waals surface area contributed by atoms with E-state index in [9.17, 15) is 4.79 Å². The monoisotopic (exact) mass is 374 g/mol. The van der Waals surface area contributed by atoms with Crippen LogP contribution in [0, 0.1) is 0 Å². The molecule has 0 saturated heterocycles. The highest BCUT2D eigenvalue weighted by atomic mass is 16.5. The van der Waals surface area contributed by atoms with E-state index in [4.69, 9.17) is 4.74 Å². The molecule has 0 aliphatic rings. The molecule has 0 fully saturated rings. The average Bonchev–Trinajstić information content (AvgIpc) is 2.73. The van der Waals surface area contributed by atoms with Crippen LogP contribution in [-0.4, -0.2) is 19.6 Å². The average molecular weight is 374 g/mol. The van der Waals surface area contributed by atoms with Gasteiger partial charge in [0, 0.05) is 17.9 Å². The lowest BCUT2D eigenvalue weighted by Gasteiger charge is -2.09. The fourth-order valence-corrected chi connectivity index (χ4v) is 2.98. The normalized spacial score (nSPS) is 10.3. The largest absolute Gasteiger partial charge is 0.497 e. The topological polar surface area (TPSA) is 50.4 Å². The molecule has 0 aliphatic carbocycles. The van der Waals surface area contributed by atoms with Crippen molar-refractivity contribution in [3.63, 3.8) is 0 Å². The Morgan fingerprint density at radius 2 is 1.50 bits per heavy atom. The van der Waals surface area contributed by atoms with E-state index >= 15 is 0 Å². The first kappa shape index (κ1) is 19.5. The Kier molecular flexibility index (Phi) is 7.08. The minimum atomic E-state index is -0.0336. The summed E-state index contributed by atoms with van der Waals surface area (Å²) in [5, 5.41) is 6.36. The zero-order valence-corrected chi connectivity index (χ0v) is 16.2. The number of aryl methyl sites for hydroxylation is 1. The van der Waals surface area contributed by atoms with Crippen molar-refractivity contribution in [3.8, 4) is 5.75 Å². The summed E-state index contributed by atoms with van der Waals surface area (Å²) in [4.78, 5) is 12.2. The molecular formula is C24H26N2O2. The molecule has 0 saturated carbocycles. The molecule has 0 bridgehead atoms. The Morgan fingerprint density at radius 3 is 2.18 bits per heavy atom. The number of amides is 1. The van der Waals surface area contributed by atoms with Crippen LogP contribution in [0.5, 0.6) is 5.75 Å². The van der Waals surface area contributed by atoms with E-state index in [1.165, 1.54) is 5.56 Å². The second kappa shape index (κ2) is 10.2. The minimum absolute atomic E-state index is 0.0336. The third-order valence-corrected chi connectivity index (χ3v) is 4.51. The molecule has 2 N–H and O–H groups in total. The summed E-state index contributed by atoms with van der Waals surface area (Å²) in [5.41, 5.74) is 4.17. The SMILES string of the molecule is COc1ccc(CC(=O)Nc2ccc(NCCCc3ccccc3)cc2)cc1. The predicted octanol–water partition coefficient (Wildman–Crippen LogP) is 4.92. The zero-order chi connectivity index (χ0) is 19.6. The van der Waals surface area contributed by atoms with Crippen LogP contribution < -0.4 is 15.4 Å². The van der Waals surface area contributed by atoms with Crippen LogP contribution in [-0.2, 0) is 17.6 Å². The lowest BCUT2D eigenvalue weighted by molar-refractivity contribution is -0.115. The van der Waals surface area contributed by atoms with Gasteiger partial charge in [0.05, 0.1) is 13.5 Å². The highest BCUT2D eigenvalue weighted by Crippen LogP contribution is 2.15. The second-order valence-electron chi connectivity index (χ2n) is 6.67. The maximum absolute atomic E-state index is 12.2. The van der Waals surface area contributed by atoms with Crippen molar-refractivity contribution in [2.24, 2.45) is 0 Å². The molecule has 4 heteroatoms. The molecule has 0 atom stereocenters. The van der Waals surface area contributed by atoms with Crippen LogP contribution in [0.15, 0.2) is 78.9 Å². The number of hydrogen-bond donors (Lipinski definition) is 2. The fourth-order valence-electron chi connectivity index (χ4n) is 2.98. The Labute approximate surface area is 166 Å². The number of ether oxygens (including phenoxy) is 1. The molecule has 144 valence electrons. The number of nitrogens with one attached hydrogen (secondary N) is 2. The Morgan fingerprint density at radius 1 is 0.821 bits per heavy atom. The van der Waals surface area contributed by atoms with Crippen molar-refractivity contribution in [1.29, 1.82) is 0 Å². The first-order valence-electron chi connectivity index (χ1n) is 9.53. The lowest BCUT2D eigenvalue weighted by Crippen LogP contribution is -2.14. The molecule has 28 heavy (non-hydrogen) atoms. The van der Waals surface area contributed by atoms with E-state index in [1.807, 2.05) is 54.6 Å². The summed E-state index contributed by atoms with van der Waals surface area (Å²) < 4.78 is 5.13. The van der Waals surface area contributed by atoms with Gasteiger partial charge in [0.2, 0.25) is 5.91 Å². The van der Waals surface area contributed by atoms with Crippen molar-refractivity contribution in [1.82, 2.24) is 0 Å². The van der Waals surface area contributed by atoms with Gasteiger partial charge < -0.3 is 15.4 Å². The quantitative estimate of drug-likeness (QED) is 0.523. The molecule has 3 aromatic rings. The summed E-state index contributed by atoms with van der Waals surface area (Å²) in [6, 6.07) is 25.9. The Bertz CT molecular complexity index is 859. The molecule has 4 nitrogen and oxygen atoms in total. The third-order valence-electron chi connectivity index (χ3n) is 4.51. The summed E-state index contributed by atoms with van der Waals surface area (Å²) in [6.45, 7) is 0.915. The number of anilines is 2. The van der Waals surface area contributed by atoms with Gasteiger partial charge in [-0.1, -0.05) is 42.5 Å². The number of hydrogen-bond acceptors (Lipinski definition) is 3. The summed E-state index contributed by atoms with van der Waals surface area (Å²) in [7, 11) is 1.63. The van der Waals surface area contributed by atoms with Gasteiger partial charge in [-0.2, -0.15) is 0 Å². The van der Waals surface area contributed by atoms with E-state index in [0.717, 1.165) is 42.1 Å². The molecule has 0 unspecified atom stereocenters. The molecule has 0 aliphatic heterocycles. The highest BCUT2D eigenvalue weighted by Gasteiger charge is 2.05. The van der Waals surface area contributed by atoms with Crippen molar-refractivity contribution >= 4 is 17.3 Å². The molecule has 1 amide bonds. The van der Waals surface area contributed by atoms with Crippen LogP contribution in [0.25, 0.3) is 0 Å². The first-order valence-corrected chi connectivity index (χ1v) is 9.53. The van der Waals surface area contributed by atoms with Gasteiger partial charge in [0.1, 0.15) is 5.75 Å². The standard InChI is InChI=1S/C24H26N2O2/c1-28-23-15-9-20(10-16-23)18-24(27)26-22-13-11-21(12-14-22)25-17-5-8-19-6-3-2-4-7-19/h2-4,6-7,9-16,25H,5,8,17-18H2,1H3,(H,26,27). The molecule has 0 aromatic heterocycles. The summed E-state index contributed by atoms with van der Waals surface area (Å²) in [6.07, 6.45) is 2.47. The Balaban J connectivity index is 1.41. The van der Waals surface area contributed by atoms with Crippen molar-refractivity contribution in [3.05, 3.63) is 90.0 Å². The zero-order valence-electron chi connectivity index (χ0n) is 16.2. The molecular weight excluding hydrogens is 348 g/mol. The molecule has 3 aromatic carbocycles. The number of rotatable bonds is 9. The van der Waals surface area contributed by atoms with Crippen molar-refractivity contribution < 1.29 is 9.53 Å². The van der Waals surface area contributed by atoms with E-state index in [-0.39, 0.29) is 5.91 Å². The maximum Gasteiger partial charge on any atom is 0.228 e. The molecule has 0 spiro atoms. The van der Waals surface area contributed by atoms with Gasteiger partial charge >= 0.3 is 0 Å². The van der Waals surface area contributed by atoms with Crippen LogP contribution in [0.1, 0.15) is 17.5 Å². The van der Waals surface area contributed by atoms with E-state index in [2.05, 4.69) is 34.9 Å². The van der Waals surface area contributed by atoms with Gasteiger partial charge in [0.25, 0.3) is 0 Å². The van der Waals surface area contributed by atoms with Crippen LogP contribution >= 0.6 is 0 Å². The van der Waals surface area contributed by atoms with Crippen LogP contribution in [0.2, 0.25) is 0 Å². The first-order chi connectivity index (χ1) is 13.7. The summed E-state index contributed by atoms with van der Waals surface area (Å²) >= 11 is 0. The number of methoxy groups -OCH3 is 1. The fraction of sp³-hybridized carbons (Fsp3) is 0.208. The molecule has 3 rings (SSSR count). The van der Waals surface area contributed by atoms with E-state index in [0.29, 0.717) is 6.42 Å². The summed E-state index contributed by atoms with van der Waals surface area (Å²) in [5.74, 6) is 0.754. The van der Waals surface area contributed by atoms with Crippen LogP contribution in [0.3, 0.4) is 0 Å². The van der Waals surface area contributed by atoms with Gasteiger partial charge in [-0.25, -0.2) is 0 Å². The van der Waals surface area contributed by atoms with Gasteiger partial charge in [-0.3, -0.25) is 4.79 Å². The van der Waals surface area contributed by atoms with E-state index < -0.39 is 0 Å².